The number of aryl methyl sites for hydroxylation is 1. The molecule has 0 fully saturated rings. The molecule has 2 nitrogen and oxygen atoms in total. The predicted octanol–water partition coefficient (Wildman–Crippen LogP) is 5.53. The number of benzene rings is 1. The Kier molecular flexibility index (Phi) is 4.12. The normalized spacial score (nSPS) is 12.8. The van der Waals surface area contributed by atoms with Gasteiger partial charge in [-0.2, -0.15) is 31.4 Å². The highest BCUT2D eigenvalue weighted by molar-refractivity contribution is 6.37. The van der Waals surface area contributed by atoms with Crippen molar-refractivity contribution in [3.63, 3.8) is 0 Å². The van der Waals surface area contributed by atoms with E-state index in [4.69, 9.17) is 23.2 Å². The van der Waals surface area contributed by atoms with Crippen LogP contribution in [0, 0.1) is 6.92 Å². The Bertz CT molecular complexity index is 694. The summed E-state index contributed by atoms with van der Waals surface area (Å²) in [6.45, 7) is 1.30. The van der Waals surface area contributed by atoms with E-state index < -0.39 is 33.7 Å². The summed E-state index contributed by atoms with van der Waals surface area (Å²) in [6, 6.07) is 1.90. The van der Waals surface area contributed by atoms with E-state index in [-0.39, 0.29) is 11.4 Å². The van der Waals surface area contributed by atoms with Crippen LogP contribution in [0.15, 0.2) is 18.2 Å². The third-order valence-electron chi connectivity index (χ3n) is 2.73. The first-order valence-corrected chi connectivity index (χ1v) is 6.37. The van der Waals surface area contributed by atoms with Crippen LogP contribution in [-0.4, -0.2) is 9.78 Å². The lowest BCUT2D eigenvalue weighted by Crippen LogP contribution is -2.09. The highest BCUT2D eigenvalue weighted by Gasteiger charge is 2.36. The van der Waals surface area contributed by atoms with Crippen LogP contribution < -0.4 is 0 Å². The van der Waals surface area contributed by atoms with Gasteiger partial charge in [0.2, 0.25) is 0 Å². The van der Waals surface area contributed by atoms with Crippen LogP contribution in [0.1, 0.15) is 17.0 Å². The fourth-order valence-corrected chi connectivity index (χ4v) is 2.42. The van der Waals surface area contributed by atoms with E-state index in [1.807, 2.05) is 0 Å². The summed E-state index contributed by atoms with van der Waals surface area (Å²) in [5, 5.41) is 2.39. The van der Waals surface area contributed by atoms with Crippen molar-refractivity contribution in [1.82, 2.24) is 9.78 Å². The van der Waals surface area contributed by atoms with E-state index >= 15 is 0 Å². The monoisotopic (exact) mass is 362 g/mol. The van der Waals surface area contributed by atoms with Crippen LogP contribution in [0.25, 0.3) is 5.69 Å². The molecule has 0 radical (unpaired) electrons. The molecule has 0 N–H and O–H groups in total. The molecule has 22 heavy (non-hydrogen) atoms. The maximum atomic E-state index is 12.6. The van der Waals surface area contributed by atoms with Crippen molar-refractivity contribution in [1.29, 1.82) is 0 Å². The average molecular weight is 363 g/mol. The Hall–Kier alpha value is -1.41. The van der Waals surface area contributed by atoms with Gasteiger partial charge in [0.15, 0.2) is 5.69 Å². The molecule has 0 aliphatic heterocycles. The zero-order valence-corrected chi connectivity index (χ0v) is 12.2. The lowest BCUT2D eigenvalue weighted by Gasteiger charge is -2.13. The molecule has 0 amide bonds. The van der Waals surface area contributed by atoms with Crippen LogP contribution in [0.5, 0.6) is 0 Å². The molecule has 0 spiro atoms. The minimum atomic E-state index is -4.69. The minimum absolute atomic E-state index is 0.0240. The molecule has 0 saturated heterocycles. The van der Waals surface area contributed by atoms with Gasteiger partial charge in [-0.25, -0.2) is 4.68 Å². The minimum Gasteiger partial charge on any atom is -0.234 e. The highest BCUT2D eigenvalue weighted by Crippen LogP contribution is 2.38. The van der Waals surface area contributed by atoms with Gasteiger partial charge in [-0.1, -0.05) is 23.2 Å². The fourth-order valence-electron chi connectivity index (χ4n) is 1.77. The second-order valence-corrected chi connectivity index (χ2v) is 5.18. The maximum absolute atomic E-state index is 12.6. The van der Waals surface area contributed by atoms with E-state index in [9.17, 15) is 26.3 Å². The van der Waals surface area contributed by atoms with Crippen molar-refractivity contribution in [3.8, 4) is 5.69 Å². The number of hydrogen-bond acceptors (Lipinski definition) is 1. The molecule has 10 heteroatoms. The van der Waals surface area contributed by atoms with Gasteiger partial charge in [0.1, 0.15) is 5.69 Å². The molecule has 120 valence electrons. The first-order valence-electron chi connectivity index (χ1n) is 5.61. The van der Waals surface area contributed by atoms with Gasteiger partial charge < -0.3 is 0 Å². The van der Waals surface area contributed by atoms with Crippen molar-refractivity contribution < 1.29 is 26.3 Å². The molecule has 1 heterocycles. The number of halogens is 8. The molecule has 0 aliphatic carbocycles. The Morgan fingerprint density at radius 3 is 1.77 bits per heavy atom. The van der Waals surface area contributed by atoms with Crippen molar-refractivity contribution in [3.05, 3.63) is 45.2 Å². The average Bonchev–Trinajstić information content (AvgIpc) is 2.69. The SMILES string of the molecule is Cc1cc(C(F)(F)F)nn1-c1c(Cl)cc(C(F)(F)F)cc1Cl. The molecule has 0 unspecified atom stereocenters. The third kappa shape index (κ3) is 3.17. The largest absolute Gasteiger partial charge is 0.435 e. The van der Waals surface area contributed by atoms with E-state index in [1.165, 1.54) is 6.92 Å². The predicted molar refractivity (Wildman–Crippen MR) is 68.3 cm³/mol. The van der Waals surface area contributed by atoms with E-state index in [0.29, 0.717) is 12.1 Å². The quantitative estimate of drug-likeness (QED) is 0.610. The van der Waals surface area contributed by atoms with Crippen LogP contribution >= 0.6 is 23.2 Å². The zero-order valence-electron chi connectivity index (χ0n) is 10.7. The van der Waals surface area contributed by atoms with E-state index in [1.54, 1.807) is 0 Å². The lowest BCUT2D eigenvalue weighted by atomic mass is 10.2. The standard InChI is InChI=1S/C12H6Cl2F6N2/c1-5-2-9(12(18,19)20)21-22(5)10-7(13)3-6(4-8(10)14)11(15,16)17/h2-4H,1H3. The first-order chi connectivity index (χ1) is 9.91. The fraction of sp³-hybridized carbons (Fsp3) is 0.250. The lowest BCUT2D eigenvalue weighted by molar-refractivity contribution is -0.141. The smallest absolute Gasteiger partial charge is 0.234 e. The molecule has 1 aromatic heterocycles. The molecule has 0 aliphatic rings. The summed E-state index contributed by atoms with van der Waals surface area (Å²) in [5.74, 6) is 0. The van der Waals surface area contributed by atoms with Crippen LogP contribution in [0.4, 0.5) is 26.3 Å². The first kappa shape index (κ1) is 17.0. The van der Waals surface area contributed by atoms with Crippen molar-refractivity contribution in [2.24, 2.45) is 0 Å². The summed E-state index contributed by atoms with van der Waals surface area (Å²) in [6.07, 6.45) is -9.37. The van der Waals surface area contributed by atoms with Gasteiger partial charge in [-0.15, -0.1) is 0 Å². The van der Waals surface area contributed by atoms with E-state index in [0.717, 1.165) is 10.7 Å². The van der Waals surface area contributed by atoms with Crippen molar-refractivity contribution >= 4 is 23.2 Å². The number of alkyl halides is 6. The van der Waals surface area contributed by atoms with Gasteiger partial charge in [-0.05, 0) is 25.1 Å². The Morgan fingerprint density at radius 1 is 0.909 bits per heavy atom. The van der Waals surface area contributed by atoms with Gasteiger partial charge in [-0.3, -0.25) is 0 Å². The Balaban J connectivity index is 2.62. The molecule has 0 saturated carbocycles. The number of hydrogen-bond donors (Lipinski definition) is 0. The Morgan fingerprint density at radius 2 is 1.41 bits per heavy atom. The summed E-state index contributed by atoms with van der Waals surface area (Å²) in [4.78, 5) is 0. The molecule has 2 aromatic rings. The van der Waals surface area contributed by atoms with Gasteiger partial charge in [0.05, 0.1) is 15.6 Å². The van der Waals surface area contributed by atoms with Crippen LogP contribution in [0.2, 0.25) is 10.0 Å². The molecule has 0 bridgehead atoms. The topological polar surface area (TPSA) is 17.8 Å². The van der Waals surface area contributed by atoms with E-state index in [2.05, 4.69) is 5.10 Å². The molecular formula is C12H6Cl2F6N2. The van der Waals surface area contributed by atoms with Gasteiger partial charge in [0.25, 0.3) is 0 Å². The van der Waals surface area contributed by atoms with Gasteiger partial charge >= 0.3 is 12.4 Å². The summed E-state index contributed by atoms with van der Waals surface area (Å²) in [5.41, 5.74) is -2.52. The molecule has 2 rings (SSSR count). The van der Waals surface area contributed by atoms with Crippen molar-refractivity contribution in [2.75, 3.05) is 0 Å². The second-order valence-electron chi connectivity index (χ2n) is 4.37. The highest BCUT2D eigenvalue weighted by atomic mass is 35.5. The molecule has 0 atom stereocenters. The zero-order chi connectivity index (χ0) is 16.9. The molecule has 1 aromatic carbocycles. The number of aromatic nitrogens is 2. The summed E-state index contributed by atoms with van der Waals surface area (Å²) >= 11 is 11.5. The Labute approximate surface area is 130 Å². The third-order valence-corrected chi connectivity index (χ3v) is 3.31. The number of nitrogens with zero attached hydrogens (tertiary/aromatic N) is 2. The maximum Gasteiger partial charge on any atom is 0.435 e. The summed E-state index contributed by atoms with van der Waals surface area (Å²) in [7, 11) is 0. The molecular weight excluding hydrogens is 357 g/mol. The van der Waals surface area contributed by atoms with Gasteiger partial charge in [0, 0.05) is 5.69 Å². The van der Waals surface area contributed by atoms with Crippen molar-refractivity contribution in [2.45, 2.75) is 19.3 Å². The van der Waals surface area contributed by atoms with Crippen LogP contribution in [-0.2, 0) is 12.4 Å². The van der Waals surface area contributed by atoms with Crippen LogP contribution in [0.3, 0.4) is 0 Å². The second kappa shape index (κ2) is 5.34. The number of rotatable bonds is 1. The summed E-state index contributed by atoms with van der Waals surface area (Å²) < 4.78 is 76.5.